The summed E-state index contributed by atoms with van der Waals surface area (Å²) in [7, 11) is 1.43. The number of thiophene rings is 1. The molecule has 1 unspecified atom stereocenters. The van der Waals surface area contributed by atoms with Crippen LogP contribution in [0.1, 0.15) is 62.2 Å². The Balaban J connectivity index is 1.41. The first-order chi connectivity index (χ1) is 15.0. The molecule has 0 spiro atoms. The van der Waals surface area contributed by atoms with E-state index >= 15 is 0 Å². The number of hydrogen-bond donors (Lipinski definition) is 2. The molecular weight excluding hydrogens is 410 g/mol. The van der Waals surface area contributed by atoms with Crippen LogP contribution >= 0.6 is 11.3 Å². The van der Waals surface area contributed by atoms with Gasteiger partial charge in [-0.25, -0.2) is 0 Å². The van der Waals surface area contributed by atoms with Gasteiger partial charge in [0, 0.05) is 27.9 Å². The number of esters is 1. The molecule has 2 aliphatic rings. The van der Waals surface area contributed by atoms with Crippen molar-refractivity contribution in [3.63, 3.8) is 0 Å². The van der Waals surface area contributed by atoms with Crippen molar-refractivity contribution < 1.29 is 19.4 Å². The molecule has 4 atom stereocenters. The van der Waals surface area contributed by atoms with Crippen molar-refractivity contribution in [1.29, 1.82) is 0 Å². The van der Waals surface area contributed by atoms with E-state index in [-0.39, 0.29) is 23.7 Å². The molecule has 1 amide bonds. The number of amides is 1. The maximum absolute atomic E-state index is 13.2. The van der Waals surface area contributed by atoms with E-state index in [0.29, 0.717) is 29.7 Å². The van der Waals surface area contributed by atoms with Gasteiger partial charge in [-0.2, -0.15) is 0 Å². The number of aromatic hydroxyl groups is 1. The molecule has 1 aromatic heterocycles. The van der Waals surface area contributed by atoms with Gasteiger partial charge >= 0.3 is 5.97 Å². The zero-order valence-corrected chi connectivity index (χ0v) is 19.0. The first kappa shape index (κ1) is 21.9. The summed E-state index contributed by atoms with van der Waals surface area (Å²) in [5.41, 5.74) is 2.00. The van der Waals surface area contributed by atoms with E-state index in [1.54, 1.807) is 12.1 Å². The average molecular weight is 442 g/mol. The fourth-order valence-corrected chi connectivity index (χ4v) is 6.42. The van der Waals surface area contributed by atoms with Crippen molar-refractivity contribution in [3.8, 4) is 5.75 Å². The average Bonchev–Trinajstić information content (AvgIpc) is 3.46. The molecule has 2 saturated carbocycles. The Bertz CT molecular complexity index is 995. The summed E-state index contributed by atoms with van der Waals surface area (Å²) in [5.74, 6) is 1.71. The van der Waals surface area contributed by atoms with E-state index in [1.807, 2.05) is 11.4 Å². The molecule has 2 aromatic rings. The zero-order chi connectivity index (χ0) is 22.0. The predicted octanol–water partition coefficient (Wildman–Crippen LogP) is 5.43. The summed E-state index contributed by atoms with van der Waals surface area (Å²) < 4.78 is 5.71. The van der Waals surface area contributed by atoms with Gasteiger partial charge in [0.05, 0.1) is 12.7 Å². The topological polar surface area (TPSA) is 75.6 Å². The van der Waals surface area contributed by atoms with Crippen LogP contribution in [0.25, 0.3) is 10.1 Å². The van der Waals surface area contributed by atoms with Crippen LogP contribution in [0.2, 0.25) is 0 Å². The molecule has 31 heavy (non-hydrogen) atoms. The first-order valence-corrected chi connectivity index (χ1v) is 12.1. The molecule has 0 saturated heterocycles. The van der Waals surface area contributed by atoms with Gasteiger partial charge in [0.15, 0.2) is 0 Å². The van der Waals surface area contributed by atoms with Gasteiger partial charge < -0.3 is 15.2 Å². The van der Waals surface area contributed by atoms with Gasteiger partial charge in [-0.15, -0.1) is 11.3 Å². The highest BCUT2D eigenvalue weighted by atomic mass is 32.1. The van der Waals surface area contributed by atoms with Gasteiger partial charge in [-0.1, -0.05) is 11.6 Å². The van der Waals surface area contributed by atoms with E-state index in [0.717, 1.165) is 29.3 Å². The Morgan fingerprint density at radius 2 is 2.10 bits per heavy atom. The number of phenolic OH excluding ortho intramolecular Hbond substituents is 1. The molecule has 2 N–H and O–H groups in total. The Kier molecular flexibility index (Phi) is 6.65. The minimum Gasteiger partial charge on any atom is -0.508 e. The number of rotatable bonds is 8. The van der Waals surface area contributed by atoms with Crippen molar-refractivity contribution in [2.45, 2.75) is 57.9 Å². The summed E-state index contributed by atoms with van der Waals surface area (Å²) in [6.45, 7) is 2.16. The fraction of sp³-hybridized carbons (Fsp3) is 0.520. The highest BCUT2D eigenvalue weighted by Gasteiger charge is 2.47. The minimum atomic E-state index is -0.156. The Morgan fingerprint density at radius 1 is 1.29 bits per heavy atom. The van der Waals surface area contributed by atoms with Crippen LogP contribution in [0, 0.1) is 17.8 Å². The molecule has 6 heteroatoms. The summed E-state index contributed by atoms with van der Waals surface area (Å²) in [4.78, 5) is 24.4. The summed E-state index contributed by atoms with van der Waals surface area (Å²) in [5, 5.41) is 15.9. The second-order valence-electron chi connectivity index (χ2n) is 9.05. The van der Waals surface area contributed by atoms with E-state index in [4.69, 9.17) is 4.74 Å². The SMILES string of the molecule is COC(=O)CCC/C=C(/C)C[C@@H]1C(NC(=O)c2csc3ccc(O)cc23)[C@H]2CC[C@@H]1C2. The number of benzene rings is 1. The van der Waals surface area contributed by atoms with Crippen LogP contribution in [0.4, 0.5) is 0 Å². The molecule has 1 aromatic carbocycles. The number of fused-ring (bicyclic) bond motifs is 3. The van der Waals surface area contributed by atoms with Crippen molar-refractivity contribution in [1.82, 2.24) is 5.32 Å². The van der Waals surface area contributed by atoms with Crippen molar-refractivity contribution in [3.05, 3.63) is 40.8 Å². The highest BCUT2D eigenvalue weighted by Crippen LogP contribution is 2.50. The van der Waals surface area contributed by atoms with E-state index in [9.17, 15) is 14.7 Å². The van der Waals surface area contributed by atoms with E-state index < -0.39 is 0 Å². The number of carbonyl (C=O) groups is 2. The van der Waals surface area contributed by atoms with E-state index in [2.05, 4.69) is 18.3 Å². The van der Waals surface area contributed by atoms with Crippen LogP contribution in [0.15, 0.2) is 35.2 Å². The molecule has 5 nitrogen and oxygen atoms in total. The molecule has 1 heterocycles. The van der Waals surface area contributed by atoms with E-state index in [1.165, 1.54) is 43.3 Å². The lowest BCUT2D eigenvalue weighted by molar-refractivity contribution is -0.140. The Morgan fingerprint density at radius 3 is 2.90 bits per heavy atom. The molecule has 0 aliphatic heterocycles. The molecule has 2 aliphatic carbocycles. The lowest BCUT2D eigenvalue weighted by Crippen LogP contribution is -2.44. The van der Waals surface area contributed by atoms with Crippen LogP contribution in [-0.2, 0) is 9.53 Å². The van der Waals surface area contributed by atoms with Crippen LogP contribution in [0.3, 0.4) is 0 Å². The number of phenols is 1. The smallest absolute Gasteiger partial charge is 0.305 e. The molecule has 166 valence electrons. The largest absolute Gasteiger partial charge is 0.508 e. The minimum absolute atomic E-state index is 0.0286. The Hall–Kier alpha value is -2.34. The van der Waals surface area contributed by atoms with Gasteiger partial charge in [0.2, 0.25) is 0 Å². The predicted molar refractivity (Wildman–Crippen MR) is 123 cm³/mol. The summed E-state index contributed by atoms with van der Waals surface area (Å²) >= 11 is 1.54. The molecule has 4 rings (SSSR count). The molecule has 2 bridgehead atoms. The standard InChI is InChI=1S/C25H31NO4S/c1-15(5-3-4-6-23(28)30-2)11-19-16-7-8-17(12-16)24(19)26-25(29)21-14-31-22-10-9-18(27)13-20(21)22/h5,9-10,13-14,16-17,19,24,27H,3-4,6-8,11-12H2,1-2H3,(H,26,29)/b15-5-/t16-,17+,19+,24?/m1/s1. The maximum Gasteiger partial charge on any atom is 0.305 e. The number of allylic oxidation sites excluding steroid dienone is 2. The first-order valence-electron chi connectivity index (χ1n) is 11.2. The lowest BCUT2D eigenvalue weighted by Gasteiger charge is -2.32. The fourth-order valence-electron chi connectivity index (χ4n) is 5.50. The van der Waals surface area contributed by atoms with Crippen molar-refractivity contribution >= 4 is 33.3 Å². The zero-order valence-electron chi connectivity index (χ0n) is 18.2. The van der Waals surface area contributed by atoms with Gasteiger partial charge in [0.25, 0.3) is 5.91 Å². The third-order valence-corrected chi connectivity index (χ3v) is 8.01. The number of ether oxygens (including phenoxy) is 1. The van der Waals surface area contributed by atoms with Crippen LogP contribution < -0.4 is 5.32 Å². The van der Waals surface area contributed by atoms with Gasteiger partial charge in [-0.3, -0.25) is 9.59 Å². The summed E-state index contributed by atoms with van der Waals surface area (Å²) in [6.07, 6.45) is 9.03. The third-order valence-electron chi connectivity index (χ3n) is 7.05. The number of carbonyl (C=O) groups excluding carboxylic acids is 2. The van der Waals surface area contributed by atoms with Crippen LogP contribution in [-0.4, -0.2) is 30.1 Å². The monoisotopic (exact) mass is 441 g/mol. The molecular formula is C25H31NO4S. The molecule has 0 radical (unpaired) electrons. The van der Waals surface area contributed by atoms with Gasteiger partial charge in [0.1, 0.15) is 5.75 Å². The highest BCUT2D eigenvalue weighted by molar-refractivity contribution is 7.17. The normalized spacial score (nSPS) is 25.2. The number of methoxy groups -OCH3 is 1. The van der Waals surface area contributed by atoms with Crippen molar-refractivity contribution in [2.24, 2.45) is 17.8 Å². The van der Waals surface area contributed by atoms with Gasteiger partial charge in [-0.05, 0) is 81.4 Å². The maximum atomic E-state index is 13.2. The third kappa shape index (κ3) is 4.79. The lowest BCUT2D eigenvalue weighted by atomic mass is 9.80. The summed E-state index contributed by atoms with van der Waals surface area (Å²) in [6, 6.07) is 5.41. The second kappa shape index (κ2) is 9.43. The Labute approximate surface area is 187 Å². The molecule has 2 fully saturated rings. The van der Waals surface area contributed by atoms with Crippen LogP contribution in [0.5, 0.6) is 5.75 Å². The van der Waals surface area contributed by atoms with Crippen molar-refractivity contribution in [2.75, 3.05) is 7.11 Å². The number of nitrogens with one attached hydrogen (secondary N) is 1. The number of hydrogen-bond acceptors (Lipinski definition) is 5. The quantitative estimate of drug-likeness (QED) is 0.325. The second-order valence-corrected chi connectivity index (χ2v) is 9.96. The number of unbranched alkanes of at least 4 members (excludes halogenated alkanes) is 1.